The van der Waals surface area contributed by atoms with Crippen LogP contribution in [0.4, 0.5) is 0 Å². The van der Waals surface area contributed by atoms with Gasteiger partial charge in [0.1, 0.15) is 0 Å². The molecule has 0 spiro atoms. The molecule has 0 bridgehead atoms. The molecule has 0 aromatic carbocycles. The van der Waals surface area contributed by atoms with E-state index in [0.717, 1.165) is 12.8 Å². The van der Waals surface area contributed by atoms with Gasteiger partial charge in [-0.2, -0.15) is 0 Å². The number of allylic oxidation sites excluding steroid dienone is 4. The van der Waals surface area contributed by atoms with Crippen molar-refractivity contribution >= 4 is 0 Å². The van der Waals surface area contributed by atoms with Crippen LogP contribution in [0.25, 0.3) is 0 Å². The van der Waals surface area contributed by atoms with Crippen LogP contribution in [0.15, 0.2) is 36.6 Å². The van der Waals surface area contributed by atoms with E-state index in [4.69, 9.17) is 0 Å². The lowest BCUT2D eigenvalue weighted by Crippen LogP contribution is -2.40. The lowest BCUT2D eigenvalue weighted by atomic mass is 9.93. The van der Waals surface area contributed by atoms with Crippen LogP contribution >= 0.6 is 0 Å². The van der Waals surface area contributed by atoms with Crippen molar-refractivity contribution in [1.29, 1.82) is 0 Å². The molecular weight excluding hydrogens is 146 g/mol. The van der Waals surface area contributed by atoms with Gasteiger partial charge in [0.25, 0.3) is 0 Å². The maximum Gasteiger partial charge on any atom is 0.0531 e. The van der Waals surface area contributed by atoms with Gasteiger partial charge in [0.2, 0.25) is 0 Å². The van der Waals surface area contributed by atoms with Gasteiger partial charge < -0.3 is 5.32 Å². The zero-order chi connectivity index (χ0) is 9.03. The van der Waals surface area contributed by atoms with Gasteiger partial charge in [0.05, 0.1) is 5.54 Å². The zero-order valence-corrected chi connectivity index (χ0v) is 7.93. The molecule has 0 saturated heterocycles. The van der Waals surface area contributed by atoms with Crippen molar-refractivity contribution in [2.24, 2.45) is 0 Å². The van der Waals surface area contributed by atoms with Gasteiger partial charge in [0, 0.05) is 5.70 Å². The minimum Gasteiger partial charge on any atom is -0.380 e. The highest BCUT2D eigenvalue weighted by Crippen LogP contribution is 2.19. The Morgan fingerprint density at radius 3 is 3.00 bits per heavy atom. The Bertz CT molecular complexity index is 225. The van der Waals surface area contributed by atoms with Crippen LogP contribution in [0.1, 0.15) is 26.7 Å². The van der Waals surface area contributed by atoms with Gasteiger partial charge in [-0.15, -0.1) is 6.58 Å². The Labute approximate surface area is 74.9 Å². The van der Waals surface area contributed by atoms with Crippen LogP contribution in [0, 0.1) is 0 Å². The second-order valence-electron chi connectivity index (χ2n) is 3.58. The molecule has 1 N–H and O–H groups in total. The van der Waals surface area contributed by atoms with Crippen molar-refractivity contribution < 1.29 is 0 Å². The number of nitrogens with one attached hydrogen (secondary N) is 1. The van der Waals surface area contributed by atoms with Gasteiger partial charge in [-0.1, -0.05) is 18.2 Å². The quantitative estimate of drug-likeness (QED) is 0.631. The molecular formula is C11H17N. The number of dihydropyridines is 1. The molecule has 1 rings (SSSR count). The summed E-state index contributed by atoms with van der Waals surface area (Å²) in [7, 11) is 0. The lowest BCUT2D eigenvalue weighted by molar-refractivity contribution is 0.446. The second-order valence-corrected chi connectivity index (χ2v) is 3.58. The average molecular weight is 163 g/mol. The number of hydrogen-bond acceptors (Lipinski definition) is 1. The van der Waals surface area contributed by atoms with Crippen molar-refractivity contribution in [3.8, 4) is 0 Å². The number of rotatable bonds is 3. The third-order valence-corrected chi connectivity index (χ3v) is 2.16. The highest BCUT2D eigenvalue weighted by Gasteiger charge is 2.20. The van der Waals surface area contributed by atoms with Crippen LogP contribution < -0.4 is 5.32 Å². The molecule has 0 fully saturated rings. The van der Waals surface area contributed by atoms with Crippen molar-refractivity contribution in [3.63, 3.8) is 0 Å². The van der Waals surface area contributed by atoms with Crippen molar-refractivity contribution in [1.82, 2.24) is 5.32 Å². The van der Waals surface area contributed by atoms with Crippen LogP contribution in [0.2, 0.25) is 0 Å². The van der Waals surface area contributed by atoms with Crippen LogP contribution in [-0.2, 0) is 0 Å². The lowest BCUT2D eigenvalue weighted by Gasteiger charge is -2.31. The second kappa shape index (κ2) is 3.61. The first kappa shape index (κ1) is 9.11. The van der Waals surface area contributed by atoms with Gasteiger partial charge in [0.15, 0.2) is 0 Å². The monoisotopic (exact) mass is 163 g/mol. The van der Waals surface area contributed by atoms with E-state index in [9.17, 15) is 0 Å². The standard InChI is InChI=1S/C11H17N/c1-4-5-8-11(3)9-6-7-10(2)12-11/h4,6-7,9,12H,1,5,8H2,2-3H3. The van der Waals surface area contributed by atoms with E-state index in [2.05, 4.69) is 44.0 Å². The zero-order valence-electron chi connectivity index (χ0n) is 7.93. The highest BCUT2D eigenvalue weighted by molar-refractivity contribution is 5.23. The Morgan fingerprint density at radius 1 is 1.67 bits per heavy atom. The fourth-order valence-electron chi connectivity index (χ4n) is 1.49. The summed E-state index contributed by atoms with van der Waals surface area (Å²) in [5.41, 5.74) is 1.37. The minimum atomic E-state index is 0.132. The summed E-state index contributed by atoms with van der Waals surface area (Å²) in [6.07, 6.45) is 10.6. The predicted octanol–water partition coefficient (Wildman–Crippen LogP) is 2.77. The van der Waals surface area contributed by atoms with Gasteiger partial charge in [-0.3, -0.25) is 0 Å². The summed E-state index contributed by atoms with van der Waals surface area (Å²) in [6, 6.07) is 0. The predicted molar refractivity (Wildman–Crippen MR) is 53.9 cm³/mol. The molecule has 1 atom stereocenters. The Balaban J connectivity index is 2.56. The van der Waals surface area contributed by atoms with Gasteiger partial charge in [-0.25, -0.2) is 0 Å². The first-order valence-corrected chi connectivity index (χ1v) is 4.41. The van der Waals surface area contributed by atoms with Crippen molar-refractivity contribution in [2.75, 3.05) is 0 Å². The molecule has 1 heterocycles. The third-order valence-electron chi connectivity index (χ3n) is 2.16. The average Bonchev–Trinajstić information content (AvgIpc) is 2.01. The molecule has 0 aromatic rings. The molecule has 1 unspecified atom stereocenters. The van der Waals surface area contributed by atoms with E-state index in [0.29, 0.717) is 0 Å². The maximum absolute atomic E-state index is 3.73. The summed E-state index contributed by atoms with van der Waals surface area (Å²) in [4.78, 5) is 0. The third kappa shape index (κ3) is 2.26. The molecule has 0 radical (unpaired) electrons. The topological polar surface area (TPSA) is 12.0 Å². The van der Waals surface area contributed by atoms with Crippen molar-refractivity contribution in [2.45, 2.75) is 32.2 Å². The van der Waals surface area contributed by atoms with Gasteiger partial charge in [-0.05, 0) is 32.8 Å². The normalized spacial score (nSPS) is 27.7. The van der Waals surface area contributed by atoms with E-state index in [-0.39, 0.29) is 5.54 Å². The molecule has 12 heavy (non-hydrogen) atoms. The SMILES string of the molecule is C=CCCC1(C)C=CC=C(C)N1. The first-order valence-electron chi connectivity index (χ1n) is 4.41. The van der Waals surface area contributed by atoms with Crippen LogP contribution in [-0.4, -0.2) is 5.54 Å². The maximum atomic E-state index is 3.73. The molecule has 1 aliphatic heterocycles. The summed E-state index contributed by atoms with van der Waals surface area (Å²) < 4.78 is 0. The van der Waals surface area contributed by atoms with E-state index < -0.39 is 0 Å². The fourth-order valence-corrected chi connectivity index (χ4v) is 1.49. The summed E-state index contributed by atoms with van der Waals surface area (Å²) in [5.74, 6) is 0. The molecule has 1 heteroatoms. The van der Waals surface area contributed by atoms with Crippen LogP contribution in [0.5, 0.6) is 0 Å². The van der Waals surface area contributed by atoms with E-state index in [1.54, 1.807) is 0 Å². The van der Waals surface area contributed by atoms with Gasteiger partial charge >= 0.3 is 0 Å². The first-order chi connectivity index (χ1) is 5.66. The smallest absolute Gasteiger partial charge is 0.0531 e. The molecule has 0 aromatic heterocycles. The minimum absolute atomic E-state index is 0.132. The molecule has 0 aliphatic carbocycles. The van der Waals surface area contributed by atoms with E-state index >= 15 is 0 Å². The van der Waals surface area contributed by atoms with Crippen molar-refractivity contribution in [3.05, 3.63) is 36.6 Å². The largest absolute Gasteiger partial charge is 0.380 e. The summed E-state index contributed by atoms with van der Waals surface area (Å²) in [5, 5.41) is 3.45. The summed E-state index contributed by atoms with van der Waals surface area (Å²) >= 11 is 0. The molecule has 1 aliphatic rings. The molecule has 66 valence electrons. The van der Waals surface area contributed by atoms with E-state index in [1.165, 1.54) is 5.70 Å². The van der Waals surface area contributed by atoms with E-state index in [1.807, 2.05) is 6.08 Å². The Hall–Kier alpha value is -0.980. The highest BCUT2D eigenvalue weighted by atomic mass is 15.0. The molecule has 1 nitrogen and oxygen atoms in total. The fraction of sp³-hybridized carbons (Fsp3) is 0.455. The molecule has 0 amide bonds. The number of hydrogen-bond donors (Lipinski definition) is 1. The molecule has 0 saturated carbocycles. The Kier molecular flexibility index (Phi) is 2.74. The Morgan fingerprint density at radius 2 is 2.42 bits per heavy atom. The summed E-state index contributed by atoms with van der Waals surface area (Å²) in [6.45, 7) is 8.03. The van der Waals surface area contributed by atoms with Crippen LogP contribution in [0.3, 0.4) is 0 Å².